The lowest BCUT2D eigenvalue weighted by molar-refractivity contribution is -0.123. The number of aromatic nitrogens is 4. The third kappa shape index (κ3) is 2.40. The van der Waals surface area contributed by atoms with Gasteiger partial charge in [0.05, 0.1) is 19.1 Å². The molecule has 0 spiro atoms. The van der Waals surface area contributed by atoms with Gasteiger partial charge in [-0.1, -0.05) is 23.4 Å². The van der Waals surface area contributed by atoms with Gasteiger partial charge in [0.2, 0.25) is 5.91 Å². The topological polar surface area (TPSA) is 92.8 Å². The quantitative estimate of drug-likeness (QED) is 0.831. The molecule has 2 aromatic rings. The highest BCUT2D eigenvalue weighted by molar-refractivity contribution is 5.84. The fourth-order valence-corrected chi connectivity index (χ4v) is 2.16. The smallest absolute Gasteiger partial charge is 0.228 e. The van der Waals surface area contributed by atoms with Crippen LogP contribution >= 0.6 is 0 Å². The van der Waals surface area contributed by atoms with E-state index in [1.54, 1.807) is 0 Å². The summed E-state index contributed by atoms with van der Waals surface area (Å²) in [6.45, 7) is 0.826. The number of fused-ring (bicyclic) bond motifs is 1. The van der Waals surface area contributed by atoms with Gasteiger partial charge in [-0.2, -0.15) is 5.21 Å². The van der Waals surface area contributed by atoms with Gasteiger partial charge in [0.15, 0.2) is 5.82 Å². The zero-order valence-corrected chi connectivity index (χ0v) is 10.2. The van der Waals surface area contributed by atoms with Crippen molar-refractivity contribution >= 4 is 5.91 Å². The van der Waals surface area contributed by atoms with Gasteiger partial charge in [0.1, 0.15) is 5.75 Å². The van der Waals surface area contributed by atoms with E-state index in [4.69, 9.17) is 4.74 Å². The lowest BCUT2D eigenvalue weighted by atomic mass is 9.92. The monoisotopic (exact) mass is 259 g/mol. The first-order chi connectivity index (χ1) is 9.34. The van der Waals surface area contributed by atoms with Crippen LogP contribution in [-0.2, 0) is 11.3 Å². The second-order valence-electron chi connectivity index (χ2n) is 4.27. The minimum absolute atomic E-state index is 0.0412. The van der Waals surface area contributed by atoms with Crippen LogP contribution in [0.3, 0.4) is 0 Å². The van der Waals surface area contributed by atoms with Crippen molar-refractivity contribution in [2.75, 3.05) is 6.61 Å². The van der Waals surface area contributed by atoms with Gasteiger partial charge < -0.3 is 10.1 Å². The van der Waals surface area contributed by atoms with Gasteiger partial charge in [-0.15, -0.1) is 10.2 Å². The van der Waals surface area contributed by atoms with Crippen molar-refractivity contribution in [2.24, 2.45) is 0 Å². The number of carbonyl (C=O) groups is 1. The molecule has 1 aliphatic rings. The first-order valence-corrected chi connectivity index (χ1v) is 6.06. The molecule has 0 radical (unpaired) electrons. The van der Waals surface area contributed by atoms with Gasteiger partial charge in [0, 0.05) is 5.56 Å². The molecule has 0 aliphatic carbocycles. The van der Waals surface area contributed by atoms with Crippen LogP contribution < -0.4 is 10.1 Å². The summed E-state index contributed by atoms with van der Waals surface area (Å²) in [5.74, 6) is 1.03. The van der Waals surface area contributed by atoms with E-state index in [0.29, 0.717) is 18.9 Å². The number of nitrogens with one attached hydrogen (secondary N) is 2. The third-order valence-electron chi connectivity index (χ3n) is 3.08. The third-order valence-corrected chi connectivity index (χ3v) is 3.08. The van der Waals surface area contributed by atoms with Gasteiger partial charge in [0.25, 0.3) is 0 Å². The molecular formula is C12H13N5O2. The van der Waals surface area contributed by atoms with E-state index in [9.17, 15) is 4.79 Å². The van der Waals surface area contributed by atoms with Crippen molar-refractivity contribution in [1.82, 2.24) is 25.9 Å². The van der Waals surface area contributed by atoms with E-state index in [-0.39, 0.29) is 18.4 Å². The van der Waals surface area contributed by atoms with E-state index in [1.807, 2.05) is 24.3 Å². The molecule has 0 saturated heterocycles. The number of amides is 1. The molecule has 2 heterocycles. The summed E-state index contributed by atoms with van der Waals surface area (Å²) in [4.78, 5) is 12.2. The molecule has 0 fully saturated rings. The molecular weight excluding hydrogens is 246 g/mol. The van der Waals surface area contributed by atoms with Crippen LogP contribution in [0.25, 0.3) is 0 Å². The average molecular weight is 259 g/mol. The first-order valence-electron chi connectivity index (χ1n) is 6.06. The molecule has 3 rings (SSSR count). The lowest BCUT2D eigenvalue weighted by Crippen LogP contribution is -2.32. The number of carbonyl (C=O) groups excluding carboxylic acids is 1. The molecule has 7 heteroatoms. The molecule has 98 valence electrons. The van der Waals surface area contributed by atoms with Crippen molar-refractivity contribution in [3.63, 3.8) is 0 Å². The van der Waals surface area contributed by atoms with Crippen LogP contribution in [0.4, 0.5) is 0 Å². The number of aromatic amines is 1. The summed E-state index contributed by atoms with van der Waals surface area (Å²) in [6.07, 6.45) is 0.676. The van der Waals surface area contributed by atoms with Crippen LogP contribution in [0.15, 0.2) is 24.3 Å². The van der Waals surface area contributed by atoms with E-state index < -0.39 is 0 Å². The van der Waals surface area contributed by atoms with Crippen molar-refractivity contribution in [2.45, 2.75) is 18.9 Å². The number of nitrogens with zero attached hydrogens (tertiary/aromatic N) is 3. The van der Waals surface area contributed by atoms with Gasteiger partial charge >= 0.3 is 0 Å². The van der Waals surface area contributed by atoms with Crippen molar-refractivity contribution < 1.29 is 9.53 Å². The summed E-state index contributed by atoms with van der Waals surface area (Å²) in [5, 5.41) is 16.2. The Morgan fingerprint density at radius 2 is 2.37 bits per heavy atom. The molecule has 1 unspecified atom stereocenters. The second-order valence-corrected chi connectivity index (χ2v) is 4.27. The summed E-state index contributed by atoms with van der Waals surface area (Å²) < 4.78 is 5.53. The average Bonchev–Trinajstić information content (AvgIpc) is 2.97. The lowest BCUT2D eigenvalue weighted by Gasteiger charge is -2.24. The fourth-order valence-electron chi connectivity index (χ4n) is 2.16. The number of hydrogen-bond donors (Lipinski definition) is 2. The number of H-pyrrole nitrogens is 1. The van der Waals surface area contributed by atoms with Crippen LogP contribution in [0, 0.1) is 0 Å². The Hall–Kier alpha value is -2.44. The normalized spacial score (nSPS) is 17.4. The molecule has 0 saturated carbocycles. The fraction of sp³-hybridized carbons (Fsp3) is 0.333. The Balaban J connectivity index is 1.71. The number of benzene rings is 1. The molecule has 1 aromatic heterocycles. The van der Waals surface area contributed by atoms with Gasteiger partial charge in [-0.05, 0) is 12.5 Å². The Bertz CT molecular complexity index is 569. The van der Waals surface area contributed by atoms with Crippen molar-refractivity contribution in [1.29, 1.82) is 0 Å². The molecule has 0 bridgehead atoms. The summed E-state index contributed by atoms with van der Waals surface area (Å²) >= 11 is 0. The molecule has 1 aliphatic heterocycles. The molecule has 1 aromatic carbocycles. The number of tetrazole rings is 1. The van der Waals surface area contributed by atoms with E-state index in [1.165, 1.54) is 0 Å². The summed E-state index contributed by atoms with van der Waals surface area (Å²) in [7, 11) is 0. The maximum atomic E-state index is 12.2. The number of ether oxygens (including phenoxy) is 1. The minimum atomic E-state index is -0.183. The predicted octanol–water partition coefficient (Wildman–Crippen LogP) is 0.382. The Morgan fingerprint density at radius 3 is 3.21 bits per heavy atom. The van der Waals surface area contributed by atoms with Crippen LogP contribution in [0.2, 0.25) is 0 Å². The predicted molar refractivity (Wildman–Crippen MR) is 65.3 cm³/mol. The highest BCUT2D eigenvalue weighted by Crippen LogP contribution is 2.33. The SMILES string of the molecule is O=C(NCc1nn[nH]n1)C1CCOc2ccccc21. The zero-order valence-electron chi connectivity index (χ0n) is 10.2. The van der Waals surface area contributed by atoms with Crippen molar-refractivity contribution in [3.05, 3.63) is 35.7 Å². The van der Waals surface area contributed by atoms with E-state index in [0.717, 1.165) is 11.3 Å². The first kappa shape index (κ1) is 11.6. The van der Waals surface area contributed by atoms with Crippen molar-refractivity contribution in [3.8, 4) is 5.75 Å². The number of rotatable bonds is 3. The highest BCUT2D eigenvalue weighted by atomic mass is 16.5. The van der Waals surface area contributed by atoms with Crippen LogP contribution in [0.5, 0.6) is 5.75 Å². The molecule has 1 amide bonds. The largest absolute Gasteiger partial charge is 0.493 e. The Labute approximate surface area is 109 Å². The summed E-state index contributed by atoms with van der Waals surface area (Å²) in [5.41, 5.74) is 0.930. The zero-order chi connectivity index (χ0) is 13.1. The molecule has 2 N–H and O–H groups in total. The number of hydrogen-bond acceptors (Lipinski definition) is 5. The van der Waals surface area contributed by atoms with Crippen LogP contribution in [0.1, 0.15) is 23.7 Å². The second kappa shape index (κ2) is 5.05. The van der Waals surface area contributed by atoms with E-state index >= 15 is 0 Å². The van der Waals surface area contributed by atoms with Gasteiger partial charge in [-0.25, -0.2) is 0 Å². The maximum Gasteiger partial charge on any atom is 0.228 e. The molecule has 7 nitrogen and oxygen atoms in total. The maximum absolute atomic E-state index is 12.2. The molecule has 19 heavy (non-hydrogen) atoms. The minimum Gasteiger partial charge on any atom is -0.493 e. The Kier molecular flexibility index (Phi) is 3.09. The standard InChI is InChI=1S/C12H13N5O2/c18-12(13-7-11-14-16-17-15-11)9-5-6-19-10-4-2-1-3-8(9)10/h1-4,9H,5-7H2,(H,13,18)(H,14,15,16,17). The Morgan fingerprint density at radius 1 is 1.47 bits per heavy atom. The number of para-hydroxylation sites is 1. The van der Waals surface area contributed by atoms with E-state index in [2.05, 4.69) is 25.9 Å². The highest BCUT2D eigenvalue weighted by Gasteiger charge is 2.27. The van der Waals surface area contributed by atoms with Crippen LogP contribution in [-0.4, -0.2) is 33.1 Å². The molecule has 1 atom stereocenters. The summed E-state index contributed by atoms with van der Waals surface area (Å²) in [6, 6.07) is 7.62. The van der Waals surface area contributed by atoms with Gasteiger partial charge in [-0.3, -0.25) is 4.79 Å².